The molecular formula is C13H26N2O. The van der Waals surface area contributed by atoms with E-state index < -0.39 is 0 Å². The predicted octanol–water partition coefficient (Wildman–Crippen LogP) is 1.49. The minimum Gasteiger partial charge on any atom is -0.381 e. The summed E-state index contributed by atoms with van der Waals surface area (Å²) < 4.78 is 5.45. The molecule has 0 aliphatic carbocycles. The molecule has 0 spiro atoms. The fraction of sp³-hybridized carbons (Fsp3) is 1.00. The number of hydrogen-bond donors (Lipinski definition) is 1. The second-order valence-corrected chi connectivity index (χ2v) is 5.32. The maximum Gasteiger partial charge on any atom is 0.0480 e. The van der Waals surface area contributed by atoms with Crippen LogP contribution in [0.5, 0.6) is 0 Å². The topological polar surface area (TPSA) is 24.5 Å². The van der Waals surface area contributed by atoms with Gasteiger partial charge in [-0.2, -0.15) is 0 Å². The molecule has 0 amide bonds. The molecule has 16 heavy (non-hydrogen) atoms. The van der Waals surface area contributed by atoms with Crippen molar-refractivity contribution in [3.63, 3.8) is 0 Å². The normalized spacial score (nSPS) is 31.5. The van der Waals surface area contributed by atoms with E-state index in [9.17, 15) is 0 Å². The van der Waals surface area contributed by atoms with E-state index >= 15 is 0 Å². The van der Waals surface area contributed by atoms with Gasteiger partial charge in [0.15, 0.2) is 0 Å². The van der Waals surface area contributed by atoms with Crippen LogP contribution < -0.4 is 5.32 Å². The molecule has 2 saturated heterocycles. The van der Waals surface area contributed by atoms with E-state index in [0.717, 1.165) is 25.2 Å². The Kier molecular flexibility index (Phi) is 4.62. The highest BCUT2D eigenvalue weighted by Crippen LogP contribution is 2.24. The zero-order valence-electron chi connectivity index (χ0n) is 10.7. The highest BCUT2D eigenvalue weighted by Gasteiger charge is 2.29. The summed E-state index contributed by atoms with van der Waals surface area (Å²) in [5.41, 5.74) is 0. The van der Waals surface area contributed by atoms with Crippen LogP contribution in [0.15, 0.2) is 0 Å². The maximum atomic E-state index is 5.45. The van der Waals surface area contributed by atoms with E-state index in [2.05, 4.69) is 24.2 Å². The smallest absolute Gasteiger partial charge is 0.0480 e. The van der Waals surface area contributed by atoms with Crippen molar-refractivity contribution in [1.82, 2.24) is 10.2 Å². The summed E-state index contributed by atoms with van der Waals surface area (Å²) in [6.45, 7) is 6.84. The molecule has 2 rings (SSSR count). The summed E-state index contributed by atoms with van der Waals surface area (Å²) >= 11 is 0. The van der Waals surface area contributed by atoms with Crippen LogP contribution in [0.1, 0.15) is 32.6 Å². The lowest BCUT2D eigenvalue weighted by Gasteiger charge is -2.41. The van der Waals surface area contributed by atoms with Crippen LogP contribution in [-0.2, 0) is 4.74 Å². The van der Waals surface area contributed by atoms with Crippen LogP contribution in [-0.4, -0.2) is 50.3 Å². The largest absolute Gasteiger partial charge is 0.381 e. The highest BCUT2D eigenvalue weighted by atomic mass is 16.5. The van der Waals surface area contributed by atoms with Gasteiger partial charge in [-0.25, -0.2) is 0 Å². The van der Waals surface area contributed by atoms with Gasteiger partial charge in [0.05, 0.1) is 0 Å². The third-order valence-electron chi connectivity index (χ3n) is 4.36. The van der Waals surface area contributed by atoms with Crippen molar-refractivity contribution in [3.05, 3.63) is 0 Å². The maximum absolute atomic E-state index is 5.45. The van der Waals surface area contributed by atoms with Crippen molar-refractivity contribution in [1.29, 1.82) is 0 Å². The molecule has 0 aromatic heterocycles. The Morgan fingerprint density at radius 2 is 2.00 bits per heavy atom. The van der Waals surface area contributed by atoms with Crippen molar-refractivity contribution < 1.29 is 4.74 Å². The quantitative estimate of drug-likeness (QED) is 0.789. The number of ether oxygens (including phenoxy) is 1. The summed E-state index contributed by atoms with van der Waals surface area (Å²) in [5, 5.41) is 3.41. The van der Waals surface area contributed by atoms with Crippen molar-refractivity contribution in [2.75, 3.05) is 33.4 Å². The summed E-state index contributed by atoms with van der Waals surface area (Å²) in [5.74, 6) is 0.835. The Morgan fingerprint density at radius 1 is 1.25 bits per heavy atom. The average molecular weight is 226 g/mol. The van der Waals surface area contributed by atoms with E-state index in [1.807, 2.05) is 0 Å². The van der Waals surface area contributed by atoms with Gasteiger partial charge in [-0.3, -0.25) is 4.90 Å². The number of nitrogens with one attached hydrogen (secondary N) is 1. The van der Waals surface area contributed by atoms with Gasteiger partial charge in [0.25, 0.3) is 0 Å². The van der Waals surface area contributed by atoms with Crippen LogP contribution in [0, 0.1) is 5.92 Å². The van der Waals surface area contributed by atoms with Gasteiger partial charge in [-0.1, -0.05) is 0 Å². The van der Waals surface area contributed by atoms with Crippen molar-refractivity contribution in [2.24, 2.45) is 5.92 Å². The van der Waals surface area contributed by atoms with Gasteiger partial charge in [0, 0.05) is 31.8 Å². The number of rotatable bonds is 3. The second-order valence-electron chi connectivity index (χ2n) is 5.32. The number of nitrogens with zero attached hydrogens (tertiary/aromatic N) is 1. The molecule has 1 N–H and O–H groups in total. The first-order valence-electron chi connectivity index (χ1n) is 6.80. The Hall–Kier alpha value is -0.120. The van der Waals surface area contributed by atoms with E-state index in [0.29, 0.717) is 6.04 Å². The van der Waals surface area contributed by atoms with Crippen molar-refractivity contribution in [2.45, 2.75) is 44.7 Å². The molecule has 2 atom stereocenters. The molecule has 2 fully saturated rings. The zero-order valence-corrected chi connectivity index (χ0v) is 10.7. The van der Waals surface area contributed by atoms with E-state index in [-0.39, 0.29) is 0 Å². The fourth-order valence-corrected chi connectivity index (χ4v) is 3.07. The third kappa shape index (κ3) is 2.96. The average Bonchev–Trinajstić information content (AvgIpc) is 2.39. The minimum atomic E-state index is 0.655. The first kappa shape index (κ1) is 12.3. The Balaban J connectivity index is 1.85. The van der Waals surface area contributed by atoms with E-state index in [1.165, 1.54) is 38.8 Å². The number of piperidine rings is 1. The van der Waals surface area contributed by atoms with Crippen LogP contribution in [0.2, 0.25) is 0 Å². The van der Waals surface area contributed by atoms with Gasteiger partial charge >= 0.3 is 0 Å². The summed E-state index contributed by atoms with van der Waals surface area (Å²) in [7, 11) is 2.08. The second kappa shape index (κ2) is 5.99. The highest BCUT2D eigenvalue weighted by molar-refractivity contribution is 4.84. The molecular weight excluding hydrogens is 200 g/mol. The molecule has 0 aromatic rings. The molecule has 2 aliphatic rings. The molecule has 0 bridgehead atoms. The Bertz CT molecular complexity index is 204. The van der Waals surface area contributed by atoms with Gasteiger partial charge in [-0.15, -0.1) is 0 Å². The third-order valence-corrected chi connectivity index (χ3v) is 4.36. The Morgan fingerprint density at radius 3 is 2.69 bits per heavy atom. The van der Waals surface area contributed by atoms with Crippen LogP contribution in [0.25, 0.3) is 0 Å². The van der Waals surface area contributed by atoms with Gasteiger partial charge < -0.3 is 10.1 Å². The number of likely N-dealkylation sites (tertiary alicyclic amines) is 1. The molecule has 0 saturated carbocycles. The van der Waals surface area contributed by atoms with Gasteiger partial charge in [0.1, 0.15) is 0 Å². The fourth-order valence-electron chi connectivity index (χ4n) is 3.07. The minimum absolute atomic E-state index is 0.655. The lowest BCUT2D eigenvalue weighted by molar-refractivity contribution is 0.0147. The predicted molar refractivity (Wildman–Crippen MR) is 66.7 cm³/mol. The molecule has 3 heteroatoms. The first-order chi connectivity index (χ1) is 7.81. The SMILES string of the molecule is CNC(C)C1CCCN(C2CCOCC2)C1. The van der Waals surface area contributed by atoms with Crippen LogP contribution in [0.4, 0.5) is 0 Å². The van der Waals surface area contributed by atoms with E-state index in [4.69, 9.17) is 4.74 Å². The molecule has 0 radical (unpaired) electrons. The Labute approximate surface area is 99.5 Å². The van der Waals surface area contributed by atoms with Gasteiger partial charge in [0.2, 0.25) is 0 Å². The molecule has 2 unspecified atom stereocenters. The molecule has 94 valence electrons. The molecule has 3 nitrogen and oxygen atoms in total. The van der Waals surface area contributed by atoms with Gasteiger partial charge in [-0.05, 0) is 52.1 Å². The molecule has 0 aromatic carbocycles. The molecule has 2 heterocycles. The number of hydrogen-bond acceptors (Lipinski definition) is 3. The standard InChI is InChI=1S/C13H26N2O/c1-11(14-2)12-4-3-7-15(10-12)13-5-8-16-9-6-13/h11-14H,3-10H2,1-2H3. The summed E-state index contributed by atoms with van der Waals surface area (Å²) in [6, 6.07) is 1.45. The van der Waals surface area contributed by atoms with E-state index in [1.54, 1.807) is 0 Å². The van der Waals surface area contributed by atoms with Crippen LogP contribution >= 0.6 is 0 Å². The van der Waals surface area contributed by atoms with Crippen molar-refractivity contribution >= 4 is 0 Å². The lowest BCUT2D eigenvalue weighted by atomic mass is 9.90. The van der Waals surface area contributed by atoms with Crippen LogP contribution in [0.3, 0.4) is 0 Å². The monoisotopic (exact) mass is 226 g/mol. The molecule has 2 aliphatic heterocycles. The summed E-state index contributed by atoms with van der Waals surface area (Å²) in [4.78, 5) is 2.71. The van der Waals surface area contributed by atoms with Crippen molar-refractivity contribution in [3.8, 4) is 0 Å². The first-order valence-corrected chi connectivity index (χ1v) is 6.80. The summed E-state index contributed by atoms with van der Waals surface area (Å²) in [6.07, 6.45) is 5.23. The zero-order chi connectivity index (χ0) is 11.4. The lowest BCUT2D eigenvalue weighted by Crippen LogP contribution is -2.49.